The third kappa shape index (κ3) is 3.68. The molecular weight excluding hydrogens is 312 g/mol. The van der Waals surface area contributed by atoms with E-state index in [1.54, 1.807) is 0 Å². The van der Waals surface area contributed by atoms with Crippen molar-refractivity contribution in [1.29, 1.82) is 0 Å². The molecule has 0 amide bonds. The number of Topliss-reactive ketones (excluding diaryl/α,β-unsaturated/α-hetero) is 1. The number of aliphatic hydroxyl groups excluding tert-OH is 1. The highest BCUT2D eigenvalue weighted by atomic mass is 16.3. The molecule has 3 rings (SSSR count). The number of carbonyl (C=O) groups is 1. The zero-order chi connectivity index (χ0) is 18.0. The predicted octanol–water partition coefficient (Wildman–Crippen LogP) is 4.11. The minimum atomic E-state index is -1.40. The van der Waals surface area contributed by atoms with Crippen molar-refractivity contribution >= 4 is 5.78 Å². The molecule has 25 heavy (non-hydrogen) atoms. The standard InChI is InChI=1S/C22H32O3/c1-3-4-5-6-7-8-17-10-9-15(2)11-20-19-13-18(23)12-16(19)14-22(17,25)21(20)24/h9-11,14,17-20,23,25H,3-8,12-13H2,1-2H3/b10-9-,15-11-/t17?,18?,19?,20-,22+/m0/s1. The number of hydrogen-bond acceptors (Lipinski definition) is 3. The van der Waals surface area contributed by atoms with Gasteiger partial charge in [0.15, 0.2) is 5.78 Å². The predicted molar refractivity (Wildman–Crippen MR) is 100 cm³/mol. The summed E-state index contributed by atoms with van der Waals surface area (Å²) in [6.07, 6.45) is 15.4. The summed E-state index contributed by atoms with van der Waals surface area (Å²) in [4.78, 5) is 13.2. The van der Waals surface area contributed by atoms with Gasteiger partial charge in [0, 0.05) is 11.8 Å². The summed E-state index contributed by atoms with van der Waals surface area (Å²) in [5.41, 5.74) is 0.757. The molecule has 3 aliphatic carbocycles. The monoisotopic (exact) mass is 344 g/mol. The van der Waals surface area contributed by atoms with Crippen LogP contribution in [0.15, 0.2) is 35.5 Å². The van der Waals surface area contributed by atoms with Gasteiger partial charge in [-0.3, -0.25) is 4.79 Å². The first-order valence-corrected chi connectivity index (χ1v) is 9.98. The van der Waals surface area contributed by atoms with Gasteiger partial charge in [-0.2, -0.15) is 0 Å². The van der Waals surface area contributed by atoms with Crippen LogP contribution in [0, 0.1) is 17.8 Å². The lowest BCUT2D eigenvalue weighted by Crippen LogP contribution is -2.51. The Balaban J connectivity index is 1.86. The van der Waals surface area contributed by atoms with E-state index in [2.05, 4.69) is 13.0 Å². The first-order chi connectivity index (χ1) is 12.0. The molecule has 2 bridgehead atoms. The number of allylic oxidation sites excluding steroid dienone is 3. The van der Waals surface area contributed by atoms with E-state index in [0.717, 1.165) is 30.4 Å². The van der Waals surface area contributed by atoms with Crippen LogP contribution >= 0.6 is 0 Å². The van der Waals surface area contributed by atoms with Crippen LogP contribution in [0.25, 0.3) is 0 Å². The van der Waals surface area contributed by atoms with Gasteiger partial charge < -0.3 is 10.2 Å². The molecule has 2 N–H and O–H groups in total. The molecule has 3 heteroatoms. The lowest BCUT2D eigenvalue weighted by molar-refractivity contribution is -0.141. The molecule has 5 atom stereocenters. The van der Waals surface area contributed by atoms with Crippen molar-refractivity contribution in [3.8, 4) is 0 Å². The first kappa shape index (κ1) is 18.6. The van der Waals surface area contributed by atoms with Gasteiger partial charge in [0.1, 0.15) is 5.60 Å². The lowest BCUT2D eigenvalue weighted by Gasteiger charge is -2.40. The topological polar surface area (TPSA) is 57.5 Å². The van der Waals surface area contributed by atoms with Crippen LogP contribution in [0.3, 0.4) is 0 Å². The SMILES string of the molecule is CCCCCCCC1/C=C\C(C)=C/[C@@H]2C(=O)[C@@]1(O)C=C1CC(O)CC12. The van der Waals surface area contributed by atoms with E-state index < -0.39 is 5.60 Å². The number of unbranched alkanes of at least 4 members (excludes halogenated alkanes) is 4. The summed E-state index contributed by atoms with van der Waals surface area (Å²) in [6, 6.07) is 0. The molecule has 0 aromatic heterocycles. The van der Waals surface area contributed by atoms with Gasteiger partial charge in [-0.15, -0.1) is 0 Å². The van der Waals surface area contributed by atoms with Crippen LogP contribution in [0.5, 0.6) is 0 Å². The summed E-state index contributed by atoms with van der Waals surface area (Å²) in [5, 5.41) is 21.4. The van der Waals surface area contributed by atoms with Crippen LogP contribution in [0.2, 0.25) is 0 Å². The maximum Gasteiger partial charge on any atom is 0.176 e. The summed E-state index contributed by atoms with van der Waals surface area (Å²) in [5.74, 6) is -0.472. The van der Waals surface area contributed by atoms with Gasteiger partial charge in [0.2, 0.25) is 0 Å². The fourth-order valence-electron chi connectivity index (χ4n) is 4.82. The van der Waals surface area contributed by atoms with Crippen molar-refractivity contribution in [1.82, 2.24) is 0 Å². The smallest absolute Gasteiger partial charge is 0.176 e. The Kier molecular flexibility index (Phi) is 5.65. The van der Waals surface area contributed by atoms with E-state index in [4.69, 9.17) is 0 Å². The molecule has 0 spiro atoms. The fraction of sp³-hybridized carbons (Fsp3) is 0.682. The number of fused-ring (bicyclic) bond motifs is 4. The zero-order valence-corrected chi connectivity index (χ0v) is 15.6. The molecule has 3 aliphatic rings. The Bertz CT molecular complexity index is 600. The van der Waals surface area contributed by atoms with Crippen LogP contribution in [0.4, 0.5) is 0 Å². The summed E-state index contributed by atoms with van der Waals surface area (Å²) in [7, 11) is 0. The minimum absolute atomic E-state index is 0.0643. The Hall–Kier alpha value is -1.19. The van der Waals surface area contributed by atoms with Gasteiger partial charge in [0.25, 0.3) is 0 Å². The van der Waals surface area contributed by atoms with Crippen molar-refractivity contribution in [3.63, 3.8) is 0 Å². The largest absolute Gasteiger partial charge is 0.393 e. The van der Waals surface area contributed by atoms with E-state index in [0.29, 0.717) is 12.8 Å². The molecular formula is C22H32O3. The van der Waals surface area contributed by atoms with E-state index in [1.165, 1.54) is 19.3 Å². The molecule has 3 nitrogen and oxygen atoms in total. The molecule has 138 valence electrons. The van der Waals surface area contributed by atoms with Crippen molar-refractivity contribution < 1.29 is 15.0 Å². The maximum atomic E-state index is 13.2. The Labute approximate surface area is 151 Å². The third-order valence-corrected chi connectivity index (χ3v) is 6.23. The lowest BCUT2D eigenvalue weighted by atomic mass is 9.65. The number of aliphatic hydroxyl groups is 2. The van der Waals surface area contributed by atoms with Gasteiger partial charge in [-0.1, -0.05) is 68.4 Å². The highest BCUT2D eigenvalue weighted by Gasteiger charge is 2.52. The van der Waals surface area contributed by atoms with E-state index in [1.807, 2.05) is 25.2 Å². The van der Waals surface area contributed by atoms with Crippen LogP contribution in [0.1, 0.15) is 65.2 Å². The molecule has 1 fully saturated rings. The van der Waals surface area contributed by atoms with Gasteiger partial charge in [-0.25, -0.2) is 0 Å². The van der Waals surface area contributed by atoms with Crippen molar-refractivity contribution in [2.24, 2.45) is 17.8 Å². The highest BCUT2D eigenvalue weighted by Crippen LogP contribution is 2.47. The van der Waals surface area contributed by atoms with E-state index >= 15 is 0 Å². The van der Waals surface area contributed by atoms with Crippen LogP contribution in [-0.4, -0.2) is 27.7 Å². The molecule has 0 heterocycles. The molecule has 0 radical (unpaired) electrons. The van der Waals surface area contributed by atoms with E-state index in [-0.39, 0.29) is 29.6 Å². The Morgan fingerprint density at radius 2 is 2.00 bits per heavy atom. The number of carbonyl (C=O) groups excluding carboxylic acids is 1. The first-order valence-electron chi connectivity index (χ1n) is 9.98. The van der Waals surface area contributed by atoms with Gasteiger partial charge >= 0.3 is 0 Å². The van der Waals surface area contributed by atoms with Crippen molar-refractivity contribution in [3.05, 3.63) is 35.5 Å². The average Bonchev–Trinajstić information content (AvgIpc) is 2.93. The number of rotatable bonds is 6. The normalized spacial score (nSPS) is 40.6. The number of hydrogen-bond donors (Lipinski definition) is 2. The summed E-state index contributed by atoms with van der Waals surface area (Å²) in [6.45, 7) is 4.23. The van der Waals surface area contributed by atoms with E-state index in [9.17, 15) is 15.0 Å². The fourth-order valence-corrected chi connectivity index (χ4v) is 4.82. The maximum absolute atomic E-state index is 13.2. The Morgan fingerprint density at radius 1 is 1.24 bits per heavy atom. The van der Waals surface area contributed by atoms with Gasteiger partial charge in [0.05, 0.1) is 6.10 Å². The van der Waals surface area contributed by atoms with Crippen molar-refractivity contribution in [2.45, 2.75) is 76.9 Å². The second-order valence-electron chi connectivity index (χ2n) is 8.21. The molecule has 1 saturated carbocycles. The minimum Gasteiger partial charge on any atom is -0.393 e. The average molecular weight is 344 g/mol. The molecule has 3 unspecified atom stereocenters. The van der Waals surface area contributed by atoms with Crippen molar-refractivity contribution in [2.75, 3.05) is 0 Å². The molecule has 0 aliphatic heterocycles. The molecule has 0 aromatic rings. The number of ketones is 1. The zero-order valence-electron chi connectivity index (χ0n) is 15.6. The second kappa shape index (κ2) is 7.59. The second-order valence-corrected chi connectivity index (χ2v) is 8.21. The van der Waals surface area contributed by atoms with Crippen LogP contribution < -0.4 is 0 Å². The Morgan fingerprint density at radius 3 is 2.76 bits per heavy atom. The van der Waals surface area contributed by atoms with Gasteiger partial charge in [-0.05, 0) is 38.2 Å². The quantitative estimate of drug-likeness (QED) is 0.563. The molecule has 0 aromatic carbocycles. The third-order valence-electron chi connectivity index (χ3n) is 6.23. The highest BCUT2D eigenvalue weighted by molar-refractivity contribution is 5.95. The van der Waals surface area contributed by atoms with Crippen LogP contribution in [-0.2, 0) is 4.79 Å². The molecule has 0 saturated heterocycles. The summed E-state index contributed by atoms with van der Waals surface area (Å²) < 4.78 is 0. The summed E-state index contributed by atoms with van der Waals surface area (Å²) >= 11 is 0.